The van der Waals surface area contributed by atoms with Crippen molar-refractivity contribution in [3.63, 3.8) is 0 Å². The van der Waals surface area contributed by atoms with Gasteiger partial charge in [0.2, 0.25) is 5.78 Å². The molecule has 0 aromatic rings. The van der Waals surface area contributed by atoms with Gasteiger partial charge in [0.05, 0.1) is 4.87 Å². The highest BCUT2D eigenvalue weighted by atomic mass is 35.5. The quantitative estimate of drug-likeness (QED) is 0.188. The molecule has 3 saturated carbocycles. The zero-order valence-electron chi connectivity index (χ0n) is 26.3. The summed E-state index contributed by atoms with van der Waals surface area (Å²) in [6.07, 6.45) is 8.10. The maximum absolute atomic E-state index is 14.2. The Bertz CT molecular complexity index is 1210. The number of hydrogen-bond donors (Lipinski definition) is 0. The van der Waals surface area contributed by atoms with Crippen molar-refractivity contribution >= 4 is 41.1 Å². The van der Waals surface area contributed by atoms with Crippen molar-refractivity contribution in [2.45, 2.75) is 116 Å². The van der Waals surface area contributed by atoms with E-state index in [4.69, 9.17) is 25.8 Å². The highest BCUT2D eigenvalue weighted by molar-refractivity contribution is 6.26. The van der Waals surface area contributed by atoms with Crippen molar-refractivity contribution in [3.05, 3.63) is 23.8 Å². The zero-order chi connectivity index (χ0) is 31.1. The van der Waals surface area contributed by atoms with Crippen LogP contribution in [0.15, 0.2) is 23.8 Å². The van der Waals surface area contributed by atoms with Gasteiger partial charge in [-0.2, -0.15) is 0 Å². The van der Waals surface area contributed by atoms with Crippen LogP contribution in [0, 0.1) is 28.6 Å². The highest BCUT2D eigenvalue weighted by Gasteiger charge is 2.77. The molecule has 0 amide bonds. The second-order valence-corrected chi connectivity index (χ2v) is 13.6. The summed E-state index contributed by atoms with van der Waals surface area (Å²) in [4.78, 5) is 63.7. The molecule has 0 spiro atoms. The van der Waals surface area contributed by atoms with Gasteiger partial charge in [-0.05, 0) is 56.1 Å². The van der Waals surface area contributed by atoms with Gasteiger partial charge in [-0.25, -0.2) is 0 Å². The van der Waals surface area contributed by atoms with Gasteiger partial charge in [-0.1, -0.05) is 59.6 Å². The largest absolute Gasteiger partial charge is 0.460 e. The summed E-state index contributed by atoms with van der Waals surface area (Å²) in [6.45, 7) is 10.7. The van der Waals surface area contributed by atoms with Crippen LogP contribution in [0.3, 0.4) is 0 Å². The smallest absolute Gasteiger partial charge is 0.306 e. The van der Waals surface area contributed by atoms with Gasteiger partial charge < -0.3 is 19.7 Å². The predicted molar refractivity (Wildman–Crippen MR) is 160 cm³/mol. The Morgan fingerprint density at radius 1 is 1.02 bits per heavy atom. The molecule has 4 aliphatic carbocycles. The number of fused-ring (bicyclic) bond motifs is 5. The monoisotopic (exact) mass is 622 g/mol. The molecule has 2 N–H and O–H groups in total. The fourth-order valence-electron chi connectivity index (χ4n) is 8.64. The van der Waals surface area contributed by atoms with E-state index in [-0.39, 0.29) is 54.7 Å². The van der Waals surface area contributed by atoms with Gasteiger partial charge in [0.15, 0.2) is 18.0 Å². The van der Waals surface area contributed by atoms with Crippen LogP contribution >= 0.6 is 11.6 Å². The van der Waals surface area contributed by atoms with Crippen molar-refractivity contribution in [1.29, 1.82) is 0 Å². The van der Waals surface area contributed by atoms with Crippen LogP contribution < -0.4 is 0 Å². The molecular weight excluding hydrogens is 576 g/mol. The van der Waals surface area contributed by atoms with Crippen LogP contribution in [0.4, 0.5) is 0 Å². The van der Waals surface area contributed by atoms with Crippen LogP contribution in [-0.4, -0.2) is 58.1 Å². The van der Waals surface area contributed by atoms with Crippen molar-refractivity contribution in [2.24, 2.45) is 28.6 Å². The van der Waals surface area contributed by atoms with Gasteiger partial charge >= 0.3 is 17.9 Å². The normalized spacial score (nSPS) is 37.6. The van der Waals surface area contributed by atoms with Crippen LogP contribution in [-0.2, 0) is 38.2 Å². The molecule has 8 atom stereocenters. The molecule has 9 nitrogen and oxygen atoms in total. The van der Waals surface area contributed by atoms with E-state index in [1.54, 1.807) is 19.9 Å². The Morgan fingerprint density at radius 2 is 1.70 bits per heavy atom. The summed E-state index contributed by atoms with van der Waals surface area (Å²) in [7, 11) is 0. The van der Waals surface area contributed by atoms with E-state index >= 15 is 0 Å². The first-order valence-electron chi connectivity index (χ1n) is 15.5. The first-order valence-corrected chi connectivity index (χ1v) is 15.9. The Labute approximate surface area is 259 Å². The van der Waals surface area contributed by atoms with Gasteiger partial charge in [0.25, 0.3) is 0 Å². The van der Waals surface area contributed by atoms with Crippen LogP contribution in [0.2, 0.25) is 0 Å². The molecular formula is C33H47ClO9. The predicted octanol–water partition coefficient (Wildman–Crippen LogP) is 5.00. The minimum atomic E-state index is -1.60. The van der Waals surface area contributed by atoms with Gasteiger partial charge in [0.1, 0.15) is 6.10 Å². The molecule has 240 valence electrons. The standard InChI is InChI=1S/C33H45ClO8.H2O/c1-7-10-11-29(39)41-26-18-31(6)24(23-13-12-21-17-22(35)14-15-30(21,5)32(23,26)34)16-20(4)33(31,42-28(38)9-3)25(36)19-40-27(37)8-2;/h14-15,17,20,23-24,26H,7-13,16,18-19H2,1-6H3;1H2/t20-,23-,24-,26-,30-,31-,32?,33-;/m0./s1. The first-order chi connectivity index (χ1) is 19.7. The molecule has 0 heterocycles. The lowest BCUT2D eigenvalue weighted by Crippen LogP contribution is -2.70. The number of ketones is 2. The number of allylic oxidation sites excluding steroid dienone is 4. The first kappa shape index (κ1) is 35.0. The molecule has 3 fully saturated rings. The minimum absolute atomic E-state index is 0. The van der Waals surface area contributed by atoms with E-state index in [0.29, 0.717) is 25.7 Å². The Balaban J connectivity index is 0.00000506. The minimum Gasteiger partial charge on any atom is -0.460 e. The van der Waals surface area contributed by atoms with Crippen LogP contribution in [0.25, 0.3) is 0 Å². The molecule has 0 radical (unpaired) electrons. The average molecular weight is 623 g/mol. The number of unbranched alkanes of at least 4 members (excludes halogenated alkanes) is 1. The number of esters is 3. The molecule has 0 bridgehead atoms. The van der Waals surface area contributed by atoms with Crippen LogP contribution in [0.1, 0.15) is 99.3 Å². The second kappa shape index (κ2) is 12.8. The van der Waals surface area contributed by atoms with Crippen LogP contribution in [0.5, 0.6) is 0 Å². The van der Waals surface area contributed by atoms with E-state index < -0.39 is 57.7 Å². The molecule has 43 heavy (non-hydrogen) atoms. The lowest BCUT2D eigenvalue weighted by molar-refractivity contribution is -0.208. The number of alkyl halides is 1. The lowest BCUT2D eigenvalue weighted by Gasteiger charge is -2.64. The third-order valence-corrected chi connectivity index (χ3v) is 11.7. The van der Waals surface area contributed by atoms with Crippen molar-refractivity contribution < 1.29 is 43.7 Å². The van der Waals surface area contributed by atoms with Gasteiger partial charge in [0, 0.05) is 36.0 Å². The van der Waals surface area contributed by atoms with Gasteiger partial charge in [-0.15, -0.1) is 11.6 Å². The molecule has 0 aromatic carbocycles. The summed E-state index contributed by atoms with van der Waals surface area (Å²) in [6, 6.07) is 0. The molecule has 1 unspecified atom stereocenters. The number of hydrogen-bond acceptors (Lipinski definition) is 8. The Morgan fingerprint density at radius 3 is 2.33 bits per heavy atom. The zero-order valence-corrected chi connectivity index (χ0v) is 27.0. The maximum atomic E-state index is 14.2. The summed E-state index contributed by atoms with van der Waals surface area (Å²) >= 11 is 7.84. The highest BCUT2D eigenvalue weighted by Crippen LogP contribution is 2.72. The van der Waals surface area contributed by atoms with E-state index in [1.807, 2.05) is 33.8 Å². The molecule has 4 rings (SSSR count). The van der Waals surface area contributed by atoms with Crippen molar-refractivity contribution in [2.75, 3.05) is 6.61 Å². The van der Waals surface area contributed by atoms with E-state index in [0.717, 1.165) is 12.0 Å². The second-order valence-electron chi connectivity index (χ2n) is 13.0. The summed E-state index contributed by atoms with van der Waals surface area (Å²) in [5, 5.41) is 0. The summed E-state index contributed by atoms with van der Waals surface area (Å²) < 4.78 is 17.8. The van der Waals surface area contributed by atoms with E-state index in [1.165, 1.54) is 6.08 Å². The summed E-state index contributed by atoms with van der Waals surface area (Å²) in [5.74, 6) is -2.76. The lowest BCUT2D eigenvalue weighted by atomic mass is 9.45. The molecule has 0 aliphatic heterocycles. The fourth-order valence-corrected chi connectivity index (χ4v) is 9.20. The SMILES string of the molecule is CCCCC(=O)O[C@H]1C[C@@]2(C)[C@@H](C[C@H](C)[C@]2(OC(=O)CC)C(=O)COC(=O)CC)[C@@H]2CCC3=CC(=O)C=C[C@]3(C)C12Cl.O. The molecule has 0 aromatic heterocycles. The van der Waals surface area contributed by atoms with E-state index in [9.17, 15) is 24.0 Å². The number of ether oxygens (including phenoxy) is 3. The molecule has 0 saturated heterocycles. The third-order valence-electron chi connectivity index (χ3n) is 10.8. The number of rotatable bonds is 10. The third kappa shape index (κ3) is 5.39. The van der Waals surface area contributed by atoms with Crippen molar-refractivity contribution in [1.82, 2.24) is 0 Å². The average Bonchev–Trinajstić information content (AvgIpc) is 3.17. The Kier molecular flexibility index (Phi) is 10.4. The fraction of sp³-hybridized carbons (Fsp3) is 0.727. The number of Topliss-reactive ketones (excluding diaryl/α,β-unsaturated/α-hetero) is 1. The molecule has 4 aliphatic rings. The molecule has 10 heteroatoms. The van der Waals surface area contributed by atoms with E-state index in [2.05, 4.69) is 0 Å². The number of carbonyl (C=O) groups excluding carboxylic acids is 5. The number of halogens is 1. The van der Waals surface area contributed by atoms with Gasteiger partial charge in [-0.3, -0.25) is 24.0 Å². The maximum Gasteiger partial charge on any atom is 0.306 e. The van der Waals surface area contributed by atoms with Crippen molar-refractivity contribution in [3.8, 4) is 0 Å². The number of carbonyl (C=O) groups is 5. The Hall–Kier alpha value is -2.52. The topological polar surface area (TPSA) is 145 Å². The summed E-state index contributed by atoms with van der Waals surface area (Å²) in [5.41, 5.74) is -2.41.